The van der Waals surface area contributed by atoms with Gasteiger partial charge >= 0.3 is 0 Å². The predicted molar refractivity (Wildman–Crippen MR) is 78.2 cm³/mol. The van der Waals surface area contributed by atoms with Crippen molar-refractivity contribution in [3.05, 3.63) is 52.2 Å². The fraction of sp³-hybridized carbons (Fsp3) is 0.0769. The topological polar surface area (TPSA) is 83.6 Å². The summed E-state index contributed by atoms with van der Waals surface area (Å²) in [7, 11) is 0. The Morgan fingerprint density at radius 1 is 1.25 bits per heavy atom. The van der Waals surface area contributed by atoms with E-state index in [4.69, 9.17) is 0 Å². The van der Waals surface area contributed by atoms with Gasteiger partial charge in [0.05, 0.1) is 27.5 Å². The summed E-state index contributed by atoms with van der Waals surface area (Å²) in [5, 5.41) is 3.04. The van der Waals surface area contributed by atoms with Crippen LogP contribution in [0.3, 0.4) is 0 Å². The first-order valence-electron chi connectivity index (χ1n) is 5.91. The minimum Gasteiger partial charge on any atom is -0.327 e. The number of pyridine rings is 1. The molecule has 6 nitrogen and oxygen atoms in total. The third-order valence-electron chi connectivity index (χ3n) is 2.67. The van der Waals surface area contributed by atoms with Gasteiger partial charge in [0.2, 0.25) is 11.5 Å². The molecule has 0 aliphatic heterocycles. The number of aromatic amines is 1. The molecule has 3 heterocycles. The molecule has 0 atom stereocenters. The number of hydrogen-bond donors (Lipinski definition) is 2. The highest BCUT2D eigenvalue weighted by Crippen LogP contribution is 2.25. The largest absolute Gasteiger partial charge is 0.327 e. The van der Waals surface area contributed by atoms with Crippen LogP contribution in [-0.2, 0) is 0 Å². The first-order valence-corrected chi connectivity index (χ1v) is 6.79. The lowest BCUT2D eigenvalue weighted by Crippen LogP contribution is -2.04. The van der Waals surface area contributed by atoms with Crippen molar-refractivity contribution in [2.45, 2.75) is 6.92 Å². The molecule has 0 spiro atoms. The molecule has 100 valence electrons. The fourth-order valence-electron chi connectivity index (χ4n) is 1.71. The van der Waals surface area contributed by atoms with E-state index < -0.39 is 0 Å². The maximum absolute atomic E-state index is 11.0. The maximum Gasteiger partial charge on any atom is 0.248 e. The number of thiazole rings is 1. The summed E-state index contributed by atoms with van der Waals surface area (Å²) in [6.45, 7) is 1.95. The van der Waals surface area contributed by atoms with Crippen LogP contribution in [0.2, 0.25) is 0 Å². The molecule has 2 N–H and O–H groups in total. The molecule has 0 unspecified atom stereocenters. The first-order chi connectivity index (χ1) is 9.72. The molecule has 7 heteroatoms. The lowest BCUT2D eigenvalue weighted by molar-refractivity contribution is 1.15. The van der Waals surface area contributed by atoms with Crippen molar-refractivity contribution >= 4 is 23.0 Å². The quantitative estimate of drug-likeness (QED) is 0.771. The van der Waals surface area contributed by atoms with E-state index >= 15 is 0 Å². The predicted octanol–water partition coefficient (Wildman–Crippen LogP) is 2.34. The van der Waals surface area contributed by atoms with Gasteiger partial charge in [-0.25, -0.2) is 15.0 Å². The Hall–Kier alpha value is -2.54. The highest BCUT2D eigenvalue weighted by Gasteiger charge is 2.07. The standard InChI is InChI=1S/C13H11N5OS/c1-8-12(20-7-16-8)10-4-5-14-13(18-10)17-9-2-3-11(19)15-6-9/h2-7H,1H3,(H,15,19)(H,14,17,18). The zero-order chi connectivity index (χ0) is 13.9. The molecule has 3 rings (SSSR count). The molecule has 3 aromatic heterocycles. The van der Waals surface area contributed by atoms with Crippen molar-refractivity contribution in [2.75, 3.05) is 5.32 Å². The third kappa shape index (κ3) is 2.57. The van der Waals surface area contributed by atoms with Gasteiger partial charge in [-0.2, -0.15) is 0 Å². The molecule has 0 saturated carbocycles. The first kappa shape index (κ1) is 12.5. The molecule has 3 aromatic rings. The van der Waals surface area contributed by atoms with Crippen LogP contribution in [-0.4, -0.2) is 19.9 Å². The van der Waals surface area contributed by atoms with Gasteiger partial charge in [0.15, 0.2) is 0 Å². The SMILES string of the molecule is Cc1ncsc1-c1ccnc(Nc2ccc(=O)[nH]c2)n1. The second-order valence-electron chi connectivity index (χ2n) is 4.10. The zero-order valence-electron chi connectivity index (χ0n) is 10.6. The van der Waals surface area contributed by atoms with Crippen molar-refractivity contribution in [1.82, 2.24) is 19.9 Å². The van der Waals surface area contributed by atoms with Crippen LogP contribution in [0.25, 0.3) is 10.6 Å². The van der Waals surface area contributed by atoms with E-state index in [-0.39, 0.29) is 5.56 Å². The second kappa shape index (κ2) is 5.22. The van der Waals surface area contributed by atoms with Gasteiger partial charge < -0.3 is 10.3 Å². The normalized spacial score (nSPS) is 10.4. The number of H-pyrrole nitrogens is 1. The molecule has 0 aromatic carbocycles. The maximum atomic E-state index is 11.0. The van der Waals surface area contributed by atoms with Gasteiger partial charge in [-0.05, 0) is 19.1 Å². The van der Waals surface area contributed by atoms with Crippen molar-refractivity contribution in [3.8, 4) is 10.6 Å². The van der Waals surface area contributed by atoms with Crippen molar-refractivity contribution in [1.29, 1.82) is 0 Å². The van der Waals surface area contributed by atoms with Crippen LogP contribution in [0.1, 0.15) is 5.69 Å². The molecule has 20 heavy (non-hydrogen) atoms. The summed E-state index contributed by atoms with van der Waals surface area (Å²) in [6.07, 6.45) is 3.27. The summed E-state index contributed by atoms with van der Waals surface area (Å²) < 4.78 is 0. The Kier molecular flexibility index (Phi) is 3.26. The van der Waals surface area contributed by atoms with Crippen LogP contribution < -0.4 is 10.9 Å². The fourth-order valence-corrected chi connectivity index (χ4v) is 2.48. The minimum atomic E-state index is -0.148. The zero-order valence-corrected chi connectivity index (χ0v) is 11.4. The van der Waals surface area contributed by atoms with E-state index in [1.807, 2.05) is 13.0 Å². The molecule has 0 aliphatic carbocycles. The highest BCUT2D eigenvalue weighted by atomic mass is 32.1. The number of nitrogens with one attached hydrogen (secondary N) is 2. The van der Waals surface area contributed by atoms with Crippen LogP contribution in [0.5, 0.6) is 0 Å². The average molecular weight is 285 g/mol. The molecular formula is C13H11N5OS. The van der Waals surface area contributed by atoms with Gasteiger partial charge in [0, 0.05) is 18.5 Å². The number of aromatic nitrogens is 4. The smallest absolute Gasteiger partial charge is 0.248 e. The van der Waals surface area contributed by atoms with Gasteiger partial charge in [-0.3, -0.25) is 4.79 Å². The van der Waals surface area contributed by atoms with Gasteiger partial charge in [0.1, 0.15) is 0 Å². The van der Waals surface area contributed by atoms with E-state index in [0.29, 0.717) is 5.95 Å². The van der Waals surface area contributed by atoms with Crippen LogP contribution in [0, 0.1) is 6.92 Å². The Morgan fingerprint density at radius 2 is 2.15 bits per heavy atom. The van der Waals surface area contributed by atoms with E-state index in [9.17, 15) is 4.79 Å². The minimum absolute atomic E-state index is 0.148. The number of rotatable bonds is 3. The second-order valence-corrected chi connectivity index (χ2v) is 4.95. The summed E-state index contributed by atoms with van der Waals surface area (Å²) in [6, 6.07) is 4.96. The highest BCUT2D eigenvalue weighted by molar-refractivity contribution is 7.13. The molecule has 0 amide bonds. The number of nitrogens with zero attached hydrogens (tertiary/aromatic N) is 3. The molecule has 0 saturated heterocycles. The molecule has 0 aliphatic rings. The monoisotopic (exact) mass is 285 g/mol. The Balaban J connectivity index is 1.90. The molecule has 0 fully saturated rings. The van der Waals surface area contributed by atoms with Gasteiger partial charge in [0.25, 0.3) is 0 Å². The summed E-state index contributed by atoms with van der Waals surface area (Å²) in [5.74, 6) is 0.474. The Bertz CT molecular complexity index is 775. The van der Waals surface area contributed by atoms with E-state index in [2.05, 4.69) is 25.3 Å². The van der Waals surface area contributed by atoms with Gasteiger partial charge in [-0.1, -0.05) is 0 Å². The van der Waals surface area contributed by atoms with Gasteiger partial charge in [-0.15, -0.1) is 11.3 Å². The van der Waals surface area contributed by atoms with E-state index in [1.54, 1.807) is 35.3 Å². The van der Waals surface area contributed by atoms with Crippen LogP contribution in [0.4, 0.5) is 11.6 Å². The summed E-state index contributed by atoms with van der Waals surface area (Å²) >= 11 is 1.54. The molecular weight excluding hydrogens is 274 g/mol. The van der Waals surface area contributed by atoms with Crippen molar-refractivity contribution in [3.63, 3.8) is 0 Å². The van der Waals surface area contributed by atoms with E-state index in [0.717, 1.165) is 22.0 Å². The number of aryl methyl sites for hydroxylation is 1. The van der Waals surface area contributed by atoms with E-state index in [1.165, 1.54) is 6.07 Å². The third-order valence-corrected chi connectivity index (χ3v) is 3.63. The number of hydrogen-bond acceptors (Lipinski definition) is 6. The van der Waals surface area contributed by atoms with Crippen LogP contribution >= 0.6 is 11.3 Å². The van der Waals surface area contributed by atoms with Crippen molar-refractivity contribution < 1.29 is 0 Å². The average Bonchev–Trinajstić information content (AvgIpc) is 2.88. The summed E-state index contributed by atoms with van der Waals surface area (Å²) in [5.41, 5.74) is 4.14. The number of anilines is 2. The molecule has 0 radical (unpaired) electrons. The lowest BCUT2D eigenvalue weighted by Gasteiger charge is -2.05. The molecule has 0 bridgehead atoms. The summed E-state index contributed by atoms with van der Waals surface area (Å²) in [4.78, 5) is 27.4. The van der Waals surface area contributed by atoms with Crippen LogP contribution in [0.15, 0.2) is 40.9 Å². The Morgan fingerprint density at radius 3 is 2.85 bits per heavy atom. The Labute approximate surface area is 118 Å². The lowest BCUT2D eigenvalue weighted by atomic mass is 10.3. The van der Waals surface area contributed by atoms with Crippen molar-refractivity contribution in [2.24, 2.45) is 0 Å².